The third-order valence-electron chi connectivity index (χ3n) is 2.50. The van der Waals surface area contributed by atoms with E-state index in [4.69, 9.17) is 0 Å². The number of aromatic nitrogens is 1. The highest BCUT2D eigenvalue weighted by atomic mass is 32.1. The van der Waals surface area contributed by atoms with Gasteiger partial charge < -0.3 is 0 Å². The summed E-state index contributed by atoms with van der Waals surface area (Å²) in [5, 5.41) is 5.74. The molecule has 2 aromatic rings. The van der Waals surface area contributed by atoms with Gasteiger partial charge in [-0.05, 0) is 24.1 Å². The normalized spacial score (nSPS) is 11.1. The smallest absolute Gasteiger partial charge is 0.267 e. The number of hydrazone groups is 1. The minimum absolute atomic E-state index is 0.199. The van der Waals surface area contributed by atoms with E-state index in [0.29, 0.717) is 17.2 Å². The van der Waals surface area contributed by atoms with Crippen molar-refractivity contribution in [3.63, 3.8) is 0 Å². The molecule has 1 N–H and O–H groups in total. The number of nitrogens with zero attached hydrogens (tertiary/aromatic N) is 2. The summed E-state index contributed by atoms with van der Waals surface area (Å²) in [7, 11) is 0. The highest BCUT2D eigenvalue weighted by Crippen LogP contribution is 2.22. The van der Waals surface area contributed by atoms with Crippen LogP contribution in [-0.2, 0) is 0 Å². The van der Waals surface area contributed by atoms with E-state index in [1.165, 1.54) is 11.1 Å². The van der Waals surface area contributed by atoms with Crippen molar-refractivity contribution in [2.75, 3.05) is 0 Å². The fourth-order valence-electron chi connectivity index (χ4n) is 1.45. The lowest BCUT2D eigenvalue weighted by Crippen LogP contribution is -2.16. The van der Waals surface area contributed by atoms with Crippen LogP contribution in [-0.4, -0.2) is 17.1 Å². The highest BCUT2D eigenvalue weighted by Gasteiger charge is 2.09. The molecule has 0 aliphatic heterocycles. The van der Waals surface area contributed by atoms with Crippen molar-refractivity contribution in [1.29, 1.82) is 0 Å². The van der Waals surface area contributed by atoms with Gasteiger partial charge in [0, 0.05) is 16.5 Å². The van der Waals surface area contributed by atoms with Crippen LogP contribution in [0.15, 0.2) is 40.9 Å². The quantitative estimate of drug-likeness (QED) is 0.687. The van der Waals surface area contributed by atoms with Gasteiger partial charge >= 0.3 is 0 Å². The van der Waals surface area contributed by atoms with E-state index in [9.17, 15) is 4.79 Å². The summed E-state index contributed by atoms with van der Waals surface area (Å²) in [5.74, 6) is 0.235. The van der Waals surface area contributed by atoms with Crippen molar-refractivity contribution in [2.24, 2.45) is 5.10 Å². The average molecular weight is 273 g/mol. The fourth-order valence-corrected chi connectivity index (χ4v) is 2.35. The Bertz CT molecular complexity index is 575. The molecular weight excluding hydrogens is 258 g/mol. The molecule has 5 heteroatoms. The molecule has 2 aromatic heterocycles. The molecule has 0 unspecified atom stereocenters. The molecule has 0 spiro atoms. The van der Waals surface area contributed by atoms with Gasteiger partial charge in [-0.3, -0.25) is 9.78 Å². The van der Waals surface area contributed by atoms with Crippen LogP contribution < -0.4 is 5.43 Å². The summed E-state index contributed by atoms with van der Waals surface area (Å²) in [6.45, 7) is 4.21. The Balaban J connectivity index is 1.96. The Hall–Kier alpha value is -2.01. The van der Waals surface area contributed by atoms with E-state index in [0.717, 1.165) is 0 Å². The summed E-state index contributed by atoms with van der Waals surface area (Å²) in [4.78, 5) is 17.1. The van der Waals surface area contributed by atoms with E-state index < -0.39 is 0 Å². The van der Waals surface area contributed by atoms with Crippen LogP contribution in [0.3, 0.4) is 0 Å². The van der Waals surface area contributed by atoms with Crippen LogP contribution >= 0.6 is 11.3 Å². The molecule has 0 radical (unpaired) electrons. The van der Waals surface area contributed by atoms with Gasteiger partial charge in [-0.2, -0.15) is 5.10 Å². The van der Waals surface area contributed by atoms with Crippen LogP contribution in [0.25, 0.3) is 0 Å². The number of rotatable bonds is 4. The molecule has 0 atom stereocenters. The molecule has 2 rings (SSSR count). The molecule has 0 aromatic carbocycles. The van der Waals surface area contributed by atoms with Crippen molar-refractivity contribution in [3.8, 4) is 0 Å². The molecule has 2 heterocycles. The van der Waals surface area contributed by atoms with E-state index in [1.54, 1.807) is 17.5 Å². The van der Waals surface area contributed by atoms with Crippen LogP contribution in [0, 0.1) is 0 Å². The largest absolute Gasteiger partial charge is 0.272 e. The van der Waals surface area contributed by atoms with Gasteiger partial charge in [0.05, 0.1) is 17.5 Å². The lowest BCUT2D eigenvalue weighted by molar-refractivity contribution is 0.0955. The second-order valence-corrected chi connectivity index (χ2v) is 5.29. The van der Waals surface area contributed by atoms with Crippen molar-refractivity contribution in [2.45, 2.75) is 19.8 Å². The van der Waals surface area contributed by atoms with Gasteiger partial charge in [-0.15, -0.1) is 11.3 Å². The first-order valence-electron chi connectivity index (χ1n) is 5.99. The molecule has 0 aliphatic rings. The van der Waals surface area contributed by atoms with Gasteiger partial charge in [0.1, 0.15) is 0 Å². The maximum Gasteiger partial charge on any atom is 0.272 e. The third-order valence-corrected chi connectivity index (χ3v) is 3.73. The lowest BCUT2D eigenvalue weighted by Gasteiger charge is -1.98. The van der Waals surface area contributed by atoms with Crippen LogP contribution in [0.5, 0.6) is 0 Å². The summed E-state index contributed by atoms with van der Waals surface area (Å²) >= 11 is 1.59. The van der Waals surface area contributed by atoms with E-state index in [2.05, 4.69) is 29.4 Å². The van der Waals surface area contributed by atoms with Gasteiger partial charge in [0.15, 0.2) is 0 Å². The molecule has 0 saturated carbocycles. The van der Waals surface area contributed by atoms with Gasteiger partial charge in [-0.1, -0.05) is 19.9 Å². The zero-order valence-electron chi connectivity index (χ0n) is 10.8. The molecule has 0 fully saturated rings. The number of nitrogens with one attached hydrogen (secondary N) is 1. The molecule has 4 nitrogen and oxygen atoms in total. The summed E-state index contributed by atoms with van der Waals surface area (Å²) in [6, 6.07) is 7.41. The minimum Gasteiger partial charge on any atom is -0.267 e. The lowest BCUT2D eigenvalue weighted by atomic mass is 10.1. The van der Waals surface area contributed by atoms with Crippen LogP contribution in [0.1, 0.15) is 40.7 Å². The molecule has 0 bridgehead atoms. The Labute approximate surface area is 116 Å². The molecule has 98 valence electrons. The van der Waals surface area contributed by atoms with Gasteiger partial charge in [0.2, 0.25) is 0 Å². The number of hydrogen-bond donors (Lipinski definition) is 1. The van der Waals surface area contributed by atoms with E-state index >= 15 is 0 Å². The standard InChI is InChI=1S/C14H15N3OS/c1-10(2)13-7-11(9-19-13)14(18)17-16-8-12-5-3-4-6-15-12/h3-10H,1-2H3,(H,17,18)/b16-8+. The Kier molecular flexibility index (Phi) is 4.41. The first-order chi connectivity index (χ1) is 9.16. The number of pyridine rings is 1. The molecule has 19 heavy (non-hydrogen) atoms. The molecular formula is C14H15N3OS. The number of amides is 1. The molecule has 0 saturated heterocycles. The van der Waals surface area contributed by atoms with Gasteiger partial charge in [-0.25, -0.2) is 5.43 Å². The van der Waals surface area contributed by atoms with Crippen molar-refractivity contribution >= 4 is 23.5 Å². The SMILES string of the molecule is CC(C)c1cc(C(=O)N/N=C/c2ccccn2)cs1. The van der Waals surface area contributed by atoms with Crippen molar-refractivity contribution in [3.05, 3.63) is 52.0 Å². The van der Waals surface area contributed by atoms with Crippen LogP contribution in [0.2, 0.25) is 0 Å². The zero-order chi connectivity index (χ0) is 13.7. The molecule has 1 amide bonds. The fraction of sp³-hybridized carbons (Fsp3) is 0.214. The second kappa shape index (κ2) is 6.24. The number of thiophene rings is 1. The monoisotopic (exact) mass is 273 g/mol. The summed E-state index contributed by atoms with van der Waals surface area (Å²) < 4.78 is 0. The predicted molar refractivity (Wildman–Crippen MR) is 77.7 cm³/mol. The van der Waals surface area contributed by atoms with E-state index in [-0.39, 0.29) is 5.91 Å². The third kappa shape index (κ3) is 3.72. The highest BCUT2D eigenvalue weighted by molar-refractivity contribution is 7.10. The summed E-state index contributed by atoms with van der Waals surface area (Å²) in [5.41, 5.74) is 3.85. The van der Waals surface area contributed by atoms with Gasteiger partial charge in [0.25, 0.3) is 5.91 Å². The Morgan fingerprint density at radius 1 is 1.47 bits per heavy atom. The average Bonchev–Trinajstić information content (AvgIpc) is 2.89. The zero-order valence-corrected chi connectivity index (χ0v) is 11.6. The first-order valence-corrected chi connectivity index (χ1v) is 6.87. The minimum atomic E-state index is -0.199. The van der Waals surface area contributed by atoms with E-state index in [1.807, 2.05) is 29.6 Å². The maximum absolute atomic E-state index is 11.8. The second-order valence-electron chi connectivity index (χ2n) is 4.35. The first kappa shape index (κ1) is 13.4. The number of carbonyl (C=O) groups is 1. The van der Waals surface area contributed by atoms with Crippen molar-refractivity contribution < 1.29 is 4.79 Å². The Morgan fingerprint density at radius 3 is 2.95 bits per heavy atom. The molecule has 0 aliphatic carbocycles. The van der Waals surface area contributed by atoms with Crippen molar-refractivity contribution in [1.82, 2.24) is 10.4 Å². The predicted octanol–water partition coefficient (Wildman–Crippen LogP) is 3.03. The topological polar surface area (TPSA) is 54.4 Å². The Morgan fingerprint density at radius 2 is 2.32 bits per heavy atom. The number of hydrogen-bond acceptors (Lipinski definition) is 4. The maximum atomic E-state index is 11.8. The van der Waals surface area contributed by atoms with Crippen LogP contribution in [0.4, 0.5) is 0 Å². The number of carbonyl (C=O) groups excluding carboxylic acids is 1. The summed E-state index contributed by atoms with van der Waals surface area (Å²) in [6.07, 6.45) is 3.20.